The fourth-order valence-corrected chi connectivity index (χ4v) is 3.21. The van der Waals surface area contributed by atoms with E-state index >= 15 is 0 Å². The first-order valence-electron chi connectivity index (χ1n) is 8.51. The van der Waals surface area contributed by atoms with Gasteiger partial charge in [0.15, 0.2) is 17.2 Å². The number of halogens is 2. The van der Waals surface area contributed by atoms with Crippen molar-refractivity contribution in [3.05, 3.63) is 87.4 Å². The van der Waals surface area contributed by atoms with E-state index in [-0.39, 0.29) is 16.7 Å². The lowest BCUT2D eigenvalue weighted by Gasteiger charge is -2.14. The number of benzene rings is 3. The van der Waals surface area contributed by atoms with Crippen molar-refractivity contribution < 1.29 is 19.0 Å². The zero-order valence-corrected chi connectivity index (χ0v) is 16.7. The summed E-state index contributed by atoms with van der Waals surface area (Å²) in [7, 11) is 1.58. The second-order valence-electron chi connectivity index (χ2n) is 5.98. The Morgan fingerprint density at radius 3 is 2.14 bits per heavy atom. The number of ether oxygens (including phenoxy) is 3. The third kappa shape index (κ3) is 4.97. The molecule has 144 valence electrons. The molecule has 3 rings (SSSR count). The second kappa shape index (κ2) is 9.49. The third-order valence-electron chi connectivity index (χ3n) is 4.01. The average molecular weight is 417 g/mol. The summed E-state index contributed by atoms with van der Waals surface area (Å²) in [4.78, 5) is 10.9. The molecule has 0 aromatic heterocycles. The fraction of sp³-hybridized carbons (Fsp3) is 0.136. The van der Waals surface area contributed by atoms with Gasteiger partial charge in [0, 0.05) is 5.56 Å². The molecule has 0 bridgehead atoms. The van der Waals surface area contributed by atoms with Gasteiger partial charge in [0.25, 0.3) is 0 Å². The van der Waals surface area contributed by atoms with Crippen LogP contribution < -0.4 is 14.2 Å². The summed E-state index contributed by atoms with van der Waals surface area (Å²) in [6, 6.07) is 18.5. The molecule has 0 aliphatic carbocycles. The van der Waals surface area contributed by atoms with Crippen molar-refractivity contribution in [1.29, 1.82) is 0 Å². The number of carbonyl (C=O) groups is 1. The molecule has 0 saturated heterocycles. The van der Waals surface area contributed by atoms with Gasteiger partial charge in [-0.1, -0.05) is 59.6 Å². The van der Waals surface area contributed by atoms with Gasteiger partial charge in [-0.2, -0.15) is 0 Å². The lowest BCUT2D eigenvalue weighted by atomic mass is 10.2. The largest absolute Gasteiger partial charge is 0.493 e. The average Bonchev–Trinajstić information content (AvgIpc) is 2.72. The minimum Gasteiger partial charge on any atom is -0.493 e. The molecule has 0 atom stereocenters. The number of rotatable bonds is 8. The predicted octanol–water partition coefficient (Wildman–Crippen LogP) is 5.97. The molecular weight excluding hydrogens is 399 g/mol. The fourth-order valence-electron chi connectivity index (χ4n) is 2.60. The van der Waals surface area contributed by atoms with Gasteiger partial charge in [-0.15, -0.1) is 0 Å². The van der Waals surface area contributed by atoms with Crippen LogP contribution in [-0.4, -0.2) is 13.4 Å². The zero-order valence-electron chi connectivity index (χ0n) is 15.2. The van der Waals surface area contributed by atoms with Crippen LogP contribution >= 0.6 is 23.2 Å². The van der Waals surface area contributed by atoms with Crippen molar-refractivity contribution in [2.45, 2.75) is 13.2 Å². The number of methoxy groups -OCH3 is 1. The zero-order chi connectivity index (χ0) is 19.9. The van der Waals surface area contributed by atoms with E-state index in [9.17, 15) is 4.79 Å². The van der Waals surface area contributed by atoms with Crippen LogP contribution in [0.25, 0.3) is 0 Å². The van der Waals surface area contributed by atoms with E-state index in [0.717, 1.165) is 11.1 Å². The minimum absolute atomic E-state index is 0.231. The molecule has 28 heavy (non-hydrogen) atoms. The van der Waals surface area contributed by atoms with E-state index < -0.39 is 0 Å². The molecule has 6 heteroatoms. The first kappa shape index (κ1) is 20.1. The van der Waals surface area contributed by atoms with E-state index in [2.05, 4.69) is 0 Å². The lowest BCUT2D eigenvalue weighted by molar-refractivity contribution is 0.112. The highest BCUT2D eigenvalue weighted by Gasteiger charge is 2.11. The Morgan fingerprint density at radius 1 is 0.821 bits per heavy atom. The van der Waals surface area contributed by atoms with Crippen LogP contribution in [0.1, 0.15) is 21.5 Å². The predicted molar refractivity (Wildman–Crippen MR) is 110 cm³/mol. The Kier molecular flexibility index (Phi) is 6.80. The van der Waals surface area contributed by atoms with Gasteiger partial charge in [0.1, 0.15) is 19.5 Å². The lowest BCUT2D eigenvalue weighted by Crippen LogP contribution is -2.01. The molecule has 0 aliphatic heterocycles. The maximum atomic E-state index is 10.9. The molecule has 3 aromatic rings. The normalized spacial score (nSPS) is 10.4. The van der Waals surface area contributed by atoms with Crippen LogP contribution in [0, 0.1) is 0 Å². The molecule has 0 spiro atoms. The van der Waals surface area contributed by atoms with Crippen LogP contribution in [0.5, 0.6) is 17.2 Å². The van der Waals surface area contributed by atoms with Gasteiger partial charge < -0.3 is 14.2 Å². The van der Waals surface area contributed by atoms with Crippen LogP contribution in [0.2, 0.25) is 10.0 Å². The summed E-state index contributed by atoms with van der Waals surface area (Å²) in [5, 5.41) is 0.564. The summed E-state index contributed by atoms with van der Waals surface area (Å²) in [6.45, 7) is 0.677. The van der Waals surface area contributed by atoms with Crippen molar-refractivity contribution in [3.63, 3.8) is 0 Å². The summed E-state index contributed by atoms with van der Waals surface area (Å²) >= 11 is 12.3. The van der Waals surface area contributed by atoms with Crippen LogP contribution in [0.3, 0.4) is 0 Å². The first-order valence-corrected chi connectivity index (χ1v) is 9.27. The van der Waals surface area contributed by atoms with Gasteiger partial charge in [-0.25, -0.2) is 0 Å². The summed E-state index contributed by atoms with van der Waals surface area (Å²) in [5.74, 6) is 1.57. The standard InChI is InChI=1S/C22H18Cl2O4/c1-26-21-11-16(7-8-20(21)27-13-15-5-3-2-4-6-15)14-28-22-18(23)9-17(12-25)10-19(22)24/h2-12H,13-14H2,1H3. The van der Waals surface area contributed by atoms with Crippen molar-refractivity contribution in [2.75, 3.05) is 7.11 Å². The molecule has 3 aromatic carbocycles. The molecular formula is C22H18Cl2O4. The number of aldehydes is 1. The summed E-state index contributed by atoms with van der Waals surface area (Å²) in [5.41, 5.74) is 2.32. The monoisotopic (exact) mass is 416 g/mol. The van der Waals surface area contributed by atoms with Gasteiger partial charge in [-0.3, -0.25) is 4.79 Å². The molecule has 0 aliphatic rings. The van der Waals surface area contributed by atoms with Crippen LogP contribution in [-0.2, 0) is 13.2 Å². The van der Waals surface area contributed by atoms with Gasteiger partial charge in [-0.05, 0) is 35.4 Å². The Balaban J connectivity index is 1.69. The quantitative estimate of drug-likeness (QED) is 0.424. The number of hydrogen-bond acceptors (Lipinski definition) is 4. The third-order valence-corrected chi connectivity index (χ3v) is 4.57. The van der Waals surface area contributed by atoms with Crippen molar-refractivity contribution in [3.8, 4) is 17.2 Å². The molecule has 0 saturated carbocycles. The van der Waals surface area contributed by atoms with Crippen LogP contribution in [0.15, 0.2) is 60.7 Å². The van der Waals surface area contributed by atoms with Gasteiger partial charge >= 0.3 is 0 Å². The molecule has 0 fully saturated rings. The maximum Gasteiger partial charge on any atom is 0.161 e. The Morgan fingerprint density at radius 2 is 1.50 bits per heavy atom. The molecule has 0 N–H and O–H groups in total. The Labute approximate surface area is 173 Å². The second-order valence-corrected chi connectivity index (χ2v) is 6.79. The maximum absolute atomic E-state index is 10.9. The topological polar surface area (TPSA) is 44.8 Å². The molecule has 4 nitrogen and oxygen atoms in total. The number of carbonyl (C=O) groups excluding carboxylic acids is 1. The van der Waals surface area contributed by atoms with Crippen LogP contribution in [0.4, 0.5) is 0 Å². The van der Waals surface area contributed by atoms with E-state index in [1.807, 2.05) is 48.5 Å². The van der Waals surface area contributed by atoms with E-state index in [0.29, 0.717) is 35.7 Å². The highest BCUT2D eigenvalue weighted by molar-refractivity contribution is 6.37. The first-order chi connectivity index (χ1) is 13.6. The van der Waals surface area contributed by atoms with E-state index in [4.69, 9.17) is 37.4 Å². The molecule has 0 radical (unpaired) electrons. The van der Waals surface area contributed by atoms with Crippen molar-refractivity contribution in [1.82, 2.24) is 0 Å². The summed E-state index contributed by atoms with van der Waals surface area (Å²) < 4.78 is 17.0. The molecule has 0 heterocycles. The van der Waals surface area contributed by atoms with Crippen molar-refractivity contribution >= 4 is 29.5 Å². The highest BCUT2D eigenvalue weighted by atomic mass is 35.5. The Bertz CT molecular complexity index is 935. The minimum atomic E-state index is 0.231. The smallest absolute Gasteiger partial charge is 0.161 e. The highest BCUT2D eigenvalue weighted by Crippen LogP contribution is 2.35. The Hall–Kier alpha value is -2.69. The summed E-state index contributed by atoms with van der Waals surface area (Å²) in [6.07, 6.45) is 0.681. The van der Waals surface area contributed by atoms with E-state index in [1.165, 1.54) is 12.1 Å². The number of hydrogen-bond donors (Lipinski definition) is 0. The van der Waals surface area contributed by atoms with Crippen molar-refractivity contribution in [2.24, 2.45) is 0 Å². The molecule has 0 amide bonds. The van der Waals surface area contributed by atoms with E-state index in [1.54, 1.807) is 7.11 Å². The molecule has 0 unspecified atom stereocenters. The van der Waals surface area contributed by atoms with Gasteiger partial charge in [0.05, 0.1) is 17.2 Å². The SMILES string of the molecule is COc1cc(COc2c(Cl)cc(C=O)cc2Cl)ccc1OCc1ccccc1. The van der Waals surface area contributed by atoms with Gasteiger partial charge in [0.2, 0.25) is 0 Å².